The van der Waals surface area contributed by atoms with Gasteiger partial charge in [-0.15, -0.1) is 11.8 Å². The molecule has 2 unspecified atom stereocenters. The van der Waals surface area contributed by atoms with E-state index >= 15 is 0 Å². The number of fused-ring (bicyclic) bond motifs is 2. The summed E-state index contributed by atoms with van der Waals surface area (Å²) in [5, 5.41) is 13.5. The van der Waals surface area contributed by atoms with Crippen molar-refractivity contribution in [2.24, 2.45) is 11.1 Å². The van der Waals surface area contributed by atoms with Crippen LogP contribution in [0.1, 0.15) is 19.3 Å². The van der Waals surface area contributed by atoms with Gasteiger partial charge in [-0.1, -0.05) is 5.16 Å². The summed E-state index contributed by atoms with van der Waals surface area (Å²) in [4.78, 5) is 0. The van der Waals surface area contributed by atoms with Crippen molar-refractivity contribution >= 4 is 16.8 Å². The van der Waals surface area contributed by atoms with Crippen molar-refractivity contribution in [3.05, 3.63) is 0 Å². The van der Waals surface area contributed by atoms with Gasteiger partial charge in [0.2, 0.25) is 0 Å². The molecule has 50 valence electrons. The molecule has 1 N–H and O–H groups in total. The molecule has 0 amide bonds. The summed E-state index contributed by atoms with van der Waals surface area (Å²) in [6, 6.07) is 0. The Morgan fingerprint density at radius 3 is 2.78 bits per heavy atom. The molecule has 0 radical (unpaired) electrons. The third-order valence-corrected chi connectivity index (χ3v) is 3.54. The molecule has 2 aliphatic rings. The van der Waals surface area contributed by atoms with E-state index in [0.717, 1.165) is 10.3 Å². The maximum atomic E-state index is 8.46. The highest BCUT2D eigenvalue weighted by atomic mass is 32.2. The Labute approximate surface area is 58.3 Å². The average Bonchev–Trinajstić information content (AvgIpc) is 2.45. The largest absolute Gasteiger partial charge is 0.410 e. The highest BCUT2D eigenvalue weighted by molar-refractivity contribution is 8.14. The Morgan fingerprint density at radius 1 is 1.56 bits per heavy atom. The van der Waals surface area contributed by atoms with Crippen molar-refractivity contribution in [3.8, 4) is 0 Å². The number of hydrogen-bond acceptors (Lipinski definition) is 3. The predicted molar refractivity (Wildman–Crippen MR) is 37.9 cm³/mol. The number of thioether (sulfide) groups is 1. The molecule has 2 atom stereocenters. The Kier molecular flexibility index (Phi) is 1.18. The average molecular weight is 143 g/mol. The van der Waals surface area contributed by atoms with Gasteiger partial charge in [0.05, 0.1) is 0 Å². The molecule has 2 rings (SSSR count). The molecular weight excluding hydrogens is 134 g/mol. The molecule has 0 aromatic heterocycles. The van der Waals surface area contributed by atoms with Crippen molar-refractivity contribution in [1.82, 2.24) is 0 Å². The second-order valence-electron chi connectivity index (χ2n) is 2.69. The maximum absolute atomic E-state index is 8.46. The topological polar surface area (TPSA) is 32.6 Å². The minimum Gasteiger partial charge on any atom is -0.410 e. The van der Waals surface area contributed by atoms with Gasteiger partial charge in [-0.05, 0) is 19.3 Å². The van der Waals surface area contributed by atoms with Crippen LogP contribution in [-0.2, 0) is 0 Å². The molecule has 2 fully saturated rings. The lowest BCUT2D eigenvalue weighted by Crippen LogP contribution is -2.04. The Balaban J connectivity index is 2.18. The standard InChI is InChI=1S/C6H9NOS/c8-7-6-4-1-2-5(3-4)9-6/h4-5,8H,1-3H2. The number of nitrogens with zero attached hydrogens (tertiary/aromatic N) is 1. The van der Waals surface area contributed by atoms with Crippen LogP contribution in [0.15, 0.2) is 5.16 Å². The van der Waals surface area contributed by atoms with Crippen molar-refractivity contribution in [2.75, 3.05) is 0 Å². The van der Waals surface area contributed by atoms with E-state index in [1.807, 2.05) is 0 Å². The van der Waals surface area contributed by atoms with Gasteiger partial charge in [0.15, 0.2) is 0 Å². The van der Waals surface area contributed by atoms with Crippen LogP contribution in [0, 0.1) is 5.92 Å². The zero-order chi connectivity index (χ0) is 6.27. The Morgan fingerprint density at radius 2 is 2.44 bits per heavy atom. The highest BCUT2D eigenvalue weighted by Crippen LogP contribution is 2.45. The van der Waals surface area contributed by atoms with E-state index in [4.69, 9.17) is 5.21 Å². The predicted octanol–water partition coefficient (Wildman–Crippen LogP) is 1.69. The van der Waals surface area contributed by atoms with Crippen LogP contribution < -0.4 is 0 Å². The van der Waals surface area contributed by atoms with Crippen molar-refractivity contribution in [2.45, 2.75) is 24.5 Å². The normalized spacial score (nSPS) is 44.7. The third-order valence-electron chi connectivity index (χ3n) is 2.12. The van der Waals surface area contributed by atoms with Gasteiger partial charge < -0.3 is 5.21 Å². The number of rotatable bonds is 0. The minimum absolute atomic E-state index is 0.616. The van der Waals surface area contributed by atoms with E-state index in [9.17, 15) is 0 Å². The maximum Gasteiger partial charge on any atom is 0.116 e. The fraction of sp³-hybridized carbons (Fsp3) is 0.833. The van der Waals surface area contributed by atoms with Gasteiger partial charge in [-0.2, -0.15) is 0 Å². The molecule has 9 heavy (non-hydrogen) atoms. The SMILES string of the molecule is ON=C1SC2CCC1C2. The lowest BCUT2D eigenvalue weighted by molar-refractivity contribution is 0.317. The number of oxime groups is 1. The van der Waals surface area contributed by atoms with E-state index in [-0.39, 0.29) is 0 Å². The third kappa shape index (κ3) is 0.748. The van der Waals surface area contributed by atoms with Gasteiger partial charge in [0.1, 0.15) is 5.04 Å². The summed E-state index contributed by atoms with van der Waals surface area (Å²) < 4.78 is 0. The Bertz CT molecular complexity index is 157. The first-order chi connectivity index (χ1) is 4.40. The fourth-order valence-electron chi connectivity index (χ4n) is 1.64. The molecular formula is C6H9NOS. The first kappa shape index (κ1) is 5.59. The molecule has 0 spiro atoms. The summed E-state index contributed by atoms with van der Waals surface area (Å²) in [6.07, 6.45) is 3.83. The van der Waals surface area contributed by atoms with Crippen LogP contribution in [0.25, 0.3) is 0 Å². The van der Waals surface area contributed by atoms with Crippen LogP contribution in [0.3, 0.4) is 0 Å². The van der Waals surface area contributed by atoms with Gasteiger partial charge in [-0.25, -0.2) is 0 Å². The van der Waals surface area contributed by atoms with E-state index in [1.54, 1.807) is 11.8 Å². The summed E-state index contributed by atoms with van der Waals surface area (Å²) in [5.41, 5.74) is 0. The molecule has 3 heteroatoms. The van der Waals surface area contributed by atoms with Crippen molar-refractivity contribution in [1.29, 1.82) is 0 Å². The molecule has 1 heterocycles. The molecule has 0 aromatic rings. The summed E-state index contributed by atoms with van der Waals surface area (Å²) in [6.45, 7) is 0. The Hall–Kier alpha value is -0.180. The van der Waals surface area contributed by atoms with Gasteiger partial charge in [-0.3, -0.25) is 0 Å². The van der Waals surface area contributed by atoms with Crippen molar-refractivity contribution < 1.29 is 5.21 Å². The first-order valence-electron chi connectivity index (χ1n) is 3.29. The number of hydrogen-bond donors (Lipinski definition) is 1. The molecule has 1 aliphatic heterocycles. The van der Waals surface area contributed by atoms with Crippen LogP contribution in [0.4, 0.5) is 0 Å². The zero-order valence-corrected chi connectivity index (χ0v) is 5.90. The van der Waals surface area contributed by atoms with E-state index < -0.39 is 0 Å². The van der Waals surface area contributed by atoms with E-state index in [2.05, 4.69) is 5.16 Å². The van der Waals surface area contributed by atoms with Crippen LogP contribution >= 0.6 is 11.8 Å². The van der Waals surface area contributed by atoms with Crippen LogP contribution in [0.5, 0.6) is 0 Å². The molecule has 2 nitrogen and oxygen atoms in total. The lowest BCUT2D eigenvalue weighted by atomic mass is 10.1. The van der Waals surface area contributed by atoms with E-state index in [1.165, 1.54) is 19.3 Å². The summed E-state index contributed by atoms with van der Waals surface area (Å²) in [7, 11) is 0. The van der Waals surface area contributed by atoms with Crippen molar-refractivity contribution in [3.63, 3.8) is 0 Å². The van der Waals surface area contributed by atoms with Crippen LogP contribution in [0.2, 0.25) is 0 Å². The van der Waals surface area contributed by atoms with Gasteiger partial charge in [0, 0.05) is 11.2 Å². The minimum atomic E-state index is 0.616. The monoisotopic (exact) mass is 143 g/mol. The molecule has 1 saturated heterocycles. The van der Waals surface area contributed by atoms with E-state index in [0.29, 0.717) is 5.92 Å². The molecule has 1 aliphatic carbocycles. The lowest BCUT2D eigenvalue weighted by Gasteiger charge is -2.07. The second kappa shape index (κ2) is 1.90. The second-order valence-corrected chi connectivity index (χ2v) is 4.01. The summed E-state index contributed by atoms with van der Waals surface area (Å²) in [5.74, 6) is 0.616. The molecule has 1 saturated carbocycles. The molecule has 2 bridgehead atoms. The smallest absolute Gasteiger partial charge is 0.116 e. The molecule has 0 aromatic carbocycles. The quantitative estimate of drug-likeness (QED) is 0.413. The van der Waals surface area contributed by atoms with Crippen LogP contribution in [-0.4, -0.2) is 15.5 Å². The van der Waals surface area contributed by atoms with Gasteiger partial charge >= 0.3 is 0 Å². The first-order valence-corrected chi connectivity index (χ1v) is 4.16. The summed E-state index contributed by atoms with van der Waals surface area (Å²) >= 11 is 1.76. The highest BCUT2D eigenvalue weighted by Gasteiger charge is 2.37. The fourth-order valence-corrected chi connectivity index (χ4v) is 3.02. The zero-order valence-electron chi connectivity index (χ0n) is 5.08. The van der Waals surface area contributed by atoms with Gasteiger partial charge in [0.25, 0.3) is 0 Å².